The predicted molar refractivity (Wildman–Crippen MR) is 142 cm³/mol. The summed E-state index contributed by atoms with van der Waals surface area (Å²) in [6.07, 6.45) is 2.42. The third-order valence-corrected chi connectivity index (χ3v) is 5.82. The lowest BCUT2D eigenvalue weighted by Gasteiger charge is -2.25. The van der Waals surface area contributed by atoms with Gasteiger partial charge < -0.3 is 44.0 Å². The van der Waals surface area contributed by atoms with Gasteiger partial charge in [-0.05, 0) is 50.0 Å². The lowest BCUT2D eigenvalue weighted by Crippen LogP contribution is -2.57. The van der Waals surface area contributed by atoms with Crippen molar-refractivity contribution < 1.29 is 29.1 Å². The van der Waals surface area contributed by atoms with Gasteiger partial charge >= 0.3 is 5.97 Å². The van der Waals surface area contributed by atoms with Crippen molar-refractivity contribution in [2.24, 2.45) is 33.8 Å². The van der Waals surface area contributed by atoms with Crippen molar-refractivity contribution in [1.29, 1.82) is 0 Å². The number of rotatable bonds is 19. The van der Waals surface area contributed by atoms with Gasteiger partial charge in [-0.2, -0.15) is 11.8 Å². The Bertz CT molecular complexity index is 806. The SMILES string of the molecule is CSCCC(NC(=O)C(N)CC(C)C)C(=O)NC(CCC(N)=O)C(=O)NC(CCCN=C(N)N)C(=O)O. The second-order valence-electron chi connectivity index (χ2n) is 8.99. The number of hydrogen-bond acceptors (Lipinski definition) is 8. The van der Waals surface area contributed by atoms with Crippen LogP contribution in [0.2, 0.25) is 0 Å². The van der Waals surface area contributed by atoms with Crippen molar-refractivity contribution in [2.75, 3.05) is 18.6 Å². The third kappa shape index (κ3) is 15.6. The summed E-state index contributed by atoms with van der Waals surface area (Å²) in [4.78, 5) is 65.2. The van der Waals surface area contributed by atoms with E-state index in [2.05, 4.69) is 20.9 Å². The molecular formula is C22H42N8O6S. The predicted octanol–water partition coefficient (Wildman–Crippen LogP) is -2.03. The molecule has 0 aliphatic rings. The Labute approximate surface area is 221 Å². The molecule has 0 saturated carbocycles. The standard InChI is InChI=1S/C22H42N8O6S/c1-12(2)11-13(23)18(32)28-15(8-10-37-3)20(34)29-14(6-7-17(24)31)19(33)30-16(21(35)36)5-4-9-27-22(25)26/h12-16H,4-11,23H2,1-3H3,(H2,24,31)(H,28,32)(H,29,34)(H,30,33)(H,35,36)(H4,25,26,27). The van der Waals surface area contributed by atoms with E-state index in [1.807, 2.05) is 20.1 Å². The first-order chi connectivity index (χ1) is 17.3. The van der Waals surface area contributed by atoms with Crippen LogP contribution in [-0.2, 0) is 24.0 Å². The molecule has 0 fully saturated rings. The number of carboxylic acids is 1. The van der Waals surface area contributed by atoms with E-state index >= 15 is 0 Å². The van der Waals surface area contributed by atoms with E-state index < -0.39 is 53.8 Å². The smallest absolute Gasteiger partial charge is 0.326 e. The molecule has 0 aromatic heterocycles. The highest BCUT2D eigenvalue weighted by Gasteiger charge is 2.30. The van der Waals surface area contributed by atoms with Gasteiger partial charge in [-0.3, -0.25) is 24.2 Å². The van der Waals surface area contributed by atoms with Crippen LogP contribution in [0.25, 0.3) is 0 Å². The van der Waals surface area contributed by atoms with Crippen LogP contribution in [0.1, 0.15) is 52.4 Å². The van der Waals surface area contributed by atoms with Gasteiger partial charge in [-0.25, -0.2) is 4.79 Å². The van der Waals surface area contributed by atoms with Gasteiger partial charge in [-0.1, -0.05) is 13.8 Å². The number of aliphatic imine (C=N–C) groups is 1. The fraction of sp³-hybridized carbons (Fsp3) is 0.727. The summed E-state index contributed by atoms with van der Waals surface area (Å²) in [5, 5.41) is 17.0. The molecule has 0 aromatic rings. The van der Waals surface area contributed by atoms with Gasteiger partial charge in [0.25, 0.3) is 0 Å². The molecule has 212 valence electrons. The molecule has 0 aromatic carbocycles. The Morgan fingerprint density at radius 1 is 0.865 bits per heavy atom. The van der Waals surface area contributed by atoms with Crippen molar-refractivity contribution in [3.8, 4) is 0 Å². The minimum atomic E-state index is -1.29. The fourth-order valence-electron chi connectivity index (χ4n) is 3.26. The van der Waals surface area contributed by atoms with Crippen molar-refractivity contribution >= 4 is 47.3 Å². The zero-order valence-corrected chi connectivity index (χ0v) is 22.5. The molecule has 0 saturated heterocycles. The summed E-state index contributed by atoms with van der Waals surface area (Å²) in [6, 6.07) is -4.35. The van der Waals surface area contributed by atoms with Crippen LogP contribution in [0, 0.1) is 5.92 Å². The third-order valence-electron chi connectivity index (χ3n) is 5.18. The number of thioether (sulfide) groups is 1. The minimum Gasteiger partial charge on any atom is -0.480 e. The van der Waals surface area contributed by atoms with Crippen LogP contribution in [0.5, 0.6) is 0 Å². The average molecular weight is 547 g/mol. The Kier molecular flexibility index (Phi) is 16.7. The Hall–Kier alpha value is -3.07. The molecule has 4 amide bonds. The van der Waals surface area contributed by atoms with E-state index in [0.29, 0.717) is 12.2 Å². The zero-order valence-electron chi connectivity index (χ0n) is 21.7. The largest absolute Gasteiger partial charge is 0.480 e. The number of carboxylic acid groups (broad SMARTS) is 1. The Morgan fingerprint density at radius 2 is 1.41 bits per heavy atom. The maximum Gasteiger partial charge on any atom is 0.326 e. The highest BCUT2D eigenvalue weighted by atomic mass is 32.2. The molecule has 0 rings (SSSR count). The van der Waals surface area contributed by atoms with Gasteiger partial charge in [0.05, 0.1) is 6.04 Å². The molecule has 4 unspecified atom stereocenters. The summed E-state index contributed by atoms with van der Waals surface area (Å²) in [6.45, 7) is 4.00. The molecule has 0 heterocycles. The monoisotopic (exact) mass is 546 g/mol. The van der Waals surface area contributed by atoms with Crippen LogP contribution < -0.4 is 38.9 Å². The molecule has 12 N–H and O–H groups in total. The highest BCUT2D eigenvalue weighted by molar-refractivity contribution is 7.98. The first kappa shape index (κ1) is 33.9. The Morgan fingerprint density at radius 3 is 1.89 bits per heavy atom. The van der Waals surface area contributed by atoms with Crippen molar-refractivity contribution in [3.05, 3.63) is 0 Å². The maximum absolute atomic E-state index is 13.1. The first-order valence-corrected chi connectivity index (χ1v) is 13.4. The van der Waals surface area contributed by atoms with E-state index in [9.17, 15) is 29.1 Å². The zero-order chi connectivity index (χ0) is 28.5. The summed E-state index contributed by atoms with van der Waals surface area (Å²) in [5.74, 6) is -3.40. The van der Waals surface area contributed by atoms with Gasteiger partial charge in [-0.15, -0.1) is 0 Å². The van der Waals surface area contributed by atoms with Crippen LogP contribution in [0.4, 0.5) is 0 Å². The number of primary amides is 1. The summed E-state index contributed by atoms with van der Waals surface area (Å²) in [7, 11) is 0. The summed E-state index contributed by atoms with van der Waals surface area (Å²) < 4.78 is 0. The molecule has 37 heavy (non-hydrogen) atoms. The normalized spacial score (nSPS) is 14.1. The van der Waals surface area contributed by atoms with E-state index in [4.69, 9.17) is 22.9 Å². The van der Waals surface area contributed by atoms with E-state index in [-0.39, 0.29) is 50.5 Å². The number of nitrogens with one attached hydrogen (secondary N) is 3. The maximum atomic E-state index is 13.1. The molecule has 15 heteroatoms. The number of hydrogen-bond donors (Lipinski definition) is 8. The minimum absolute atomic E-state index is 0.0223. The van der Waals surface area contributed by atoms with Gasteiger partial charge in [0, 0.05) is 13.0 Å². The first-order valence-electron chi connectivity index (χ1n) is 12.0. The molecule has 14 nitrogen and oxygen atoms in total. The number of nitrogens with two attached hydrogens (primary N) is 4. The lowest BCUT2D eigenvalue weighted by molar-refractivity contribution is -0.142. The fourth-order valence-corrected chi connectivity index (χ4v) is 3.73. The average Bonchev–Trinajstić information content (AvgIpc) is 2.79. The Balaban J connectivity index is 5.51. The van der Waals surface area contributed by atoms with Crippen LogP contribution >= 0.6 is 11.8 Å². The number of aliphatic carboxylic acids is 1. The topological polar surface area (TPSA) is 258 Å². The number of nitrogens with zero attached hydrogens (tertiary/aromatic N) is 1. The number of carbonyl (C=O) groups is 5. The molecule has 0 aliphatic heterocycles. The molecule has 0 radical (unpaired) electrons. The quantitative estimate of drug-likeness (QED) is 0.0500. The van der Waals surface area contributed by atoms with E-state index in [0.717, 1.165) is 0 Å². The van der Waals surface area contributed by atoms with E-state index in [1.54, 1.807) is 0 Å². The van der Waals surface area contributed by atoms with Crippen LogP contribution in [0.15, 0.2) is 4.99 Å². The molecule has 0 bridgehead atoms. The highest BCUT2D eigenvalue weighted by Crippen LogP contribution is 2.08. The molecule has 4 atom stereocenters. The van der Waals surface area contributed by atoms with Crippen LogP contribution in [0.3, 0.4) is 0 Å². The second-order valence-corrected chi connectivity index (χ2v) is 9.98. The van der Waals surface area contributed by atoms with Crippen molar-refractivity contribution in [1.82, 2.24) is 16.0 Å². The molecule has 0 aliphatic carbocycles. The number of amides is 4. The summed E-state index contributed by atoms with van der Waals surface area (Å²) >= 11 is 1.46. The number of guanidine groups is 1. The summed E-state index contributed by atoms with van der Waals surface area (Å²) in [5.41, 5.74) is 21.6. The lowest BCUT2D eigenvalue weighted by atomic mass is 10.0. The molecular weight excluding hydrogens is 504 g/mol. The number of carbonyl (C=O) groups excluding carboxylic acids is 4. The van der Waals surface area contributed by atoms with Gasteiger partial charge in [0.1, 0.15) is 18.1 Å². The van der Waals surface area contributed by atoms with Gasteiger partial charge in [0.2, 0.25) is 23.6 Å². The van der Waals surface area contributed by atoms with Crippen molar-refractivity contribution in [2.45, 2.75) is 76.5 Å². The van der Waals surface area contributed by atoms with Crippen molar-refractivity contribution in [3.63, 3.8) is 0 Å². The van der Waals surface area contributed by atoms with Crippen LogP contribution in [-0.4, -0.2) is 83.4 Å². The van der Waals surface area contributed by atoms with Gasteiger partial charge in [0.15, 0.2) is 5.96 Å². The second kappa shape index (κ2) is 18.2. The molecule has 0 spiro atoms. The van der Waals surface area contributed by atoms with E-state index in [1.165, 1.54) is 11.8 Å².